The Morgan fingerprint density at radius 2 is 1.60 bits per heavy atom. The zero-order valence-corrected chi connectivity index (χ0v) is 17.4. The quantitative estimate of drug-likeness (QED) is 0.582. The summed E-state index contributed by atoms with van der Waals surface area (Å²) in [7, 11) is 0. The summed E-state index contributed by atoms with van der Waals surface area (Å²) in [4.78, 5) is 14.9. The van der Waals surface area contributed by atoms with Gasteiger partial charge in [-0.15, -0.1) is 0 Å². The molecule has 0 aromatic heterocycles. The van der Waals surface area contributed by atoms with Crippen LogP contribution in [0.1, 0.15) is 24.0 Å². The number of hydrogen-bond donors (Lipinski definition) is 1. The third-order valence-electron chi connectivity index (χ3n) is 5.58. The number of piperidine rings is 1. The van der Waals surface area contributed by atoms with Crippen molar-refractivity contribution < 1.29 is 9.53 Å². The largest absolute Gasteiger partial charge is 0.446 e. The van der Waals surface area contributed by atoms with Crippen molar-refractivity contribution >= 4 is 11.8 Å². The van der Waals surface area contributed by atoms with E-state index in [-0.39, 0.29) is 12.2 Å². The fraction of sp³-hybridized carbons (Fsp3) is 0.269. The number of rotatable bonds is 5. The van der Waals surface area contributed by atoms with Crippen LogP contribution < -0.4 is 5.32 Å². The number of nitrogens with one attached hydrogen (secondary N) is 1. The number of nitrogens with zero attached hydrogens (tertiary/aromatic N) is 1. The minimum Gasteiger partial charge on any atom is -0.446 e. The molecule has 0 saturated carbocycles. The van der Waals surface area contributed by atoms with Gasteiger partial charge in [-0.3, -0.25) is 10.2 Å². The molecule has 0 radical (unpaired) electrons. The molecular weight excluding hydrogens is 372 g/mol. The van der Waals surface area contributed by atoms with Crippen LogP contribution in [-0.2, 0) is 11.3 Å². The van der Waals surface area contributed by atoms with Crippen LogP contribution >= 0.6 is 0 Å². The van der Waals surface area contributed by atoms with E-state index in [0.717, 1.165) is 49.3 Å². The molecule has 3 aromatic rings. The summed E-state index contributed by atoms with van der Waals surface area (Å²) in [6, 6.07) is 26.6. The number of hydrogen-bond acceptors (Lipinski definition) is 3. The van der Waals surface area contributed by atoms with Gasteiger partial charge in [0.25, 0.3) is 0 Å². The Kier molecular flexibility index (Phi) is 6.45. The van der Waals surface area contributed by atoms with E-state index in [0.29, 0.717) is 0 Å². The van der Waals surface area contributed by atoms with Crippen molar-refractivity contribution in [3.8, 4) is 11.1 Å². The van der Waals surface area contributed by atoms with E-state index in [1.54, 1.807) is 0 Å². The van der Waals surface area contributed by atoms with Gasteiger partial charge in [0.1, 0.15) is 6.10 Å². The fourth-order valence-electron chi connectivity index (χ4n) is 3.89. The third-order valence-corrected chi connectivity index (χ3v) is 5.58. The standard InChI is InChI=1S/C26H28N2O2/c1-20-11-13-21(14-12-20)19-28-17-15-23(16-18-28)30-26(29)27-25-10-6-5-9-24(25)22-7-3-2-4-8-22/h2-14,23H,15-19H2,1H3,(H,27,29). The summed E-state index contributed by atoms with van der Waals surface area (Å²) in [5.41, 5.74) is 5.44. The number of amides is 1. The van der Waals surface area contributed by atoms with Gasteiger partial charge in [0, 0.05) is 25.2 Å². The molecule has 0 bridgehead atoms. The summed E-state index contributed by atoms with van der Waals surface area (Å²) in [5.74, 6) is 0. The first-order valence-electron chi connectivity index (χ1n) is 10.6. The molecule has 1 N–H and O–H groups in total. The Hall–Kier alpha value is -3.11. The number of carbonyl (C=O) groups excluding carboxylic acids is 1. The maximum Gasteiger partial charge on any atom is 0.411 e. The SMILES string of the molecule is Cc1ccc(CN2CCC(OC(=O)Nc3ccccc3-c3ccccc3)CC2)cc1. The number of para-hydroxylation sites is 1. The Bertz CT molecular complexity index is 962. The number of likely N-dealkylation sites (tertiary alicyclic amines) is 1. The van der Waals surface area contributed by atoms with Gasteiger partial charge in [-0.2, -0.15) is 0 Å². The molecule has 30 heavy (non-hydrogen) atoms. The van der Waals surface area contributed by atoms with Crippen LogP contribution in [0.15, 0.2) is 78.9 Å². The zero-order chi connectivity index (χ0) is 20.8. The first-order valence-corrected chi connectivity index (χ1v) is 10.6. The van der Waals surface area contributed by atoms with Gasteiger partial charge in [-0.05, 0) is 37.0 Å². The second-order valence-electron chi connectivity index (χ2n) is 7.90. The third kappa shape index (κ3) is 5.28. The van der Waals surface area contributed by atoms with Crippen LogP contribution in [0, 0.1) is 6.92 Å². The van der Waals surface area contributed by atoms with Gasteiger partial charge in [0.15, 0.2) is 0 Å². The lowest BCUT2D eigenvalue weighted by atomic mass is 10.0. The Balaban J connectivity index is 1.29. The minimum absolute atomic E-state index is 0.0387. The predicted molar refractivity (Wildman–Crippen MR) is 121 cm³/mol. The number of anilines is 1. The van der Waals surface area contributed by atoms with Crippen molar-refractivity contribution in [1.82, 2.24) is 4.90 Å². The molecule has 1 amide bonds. The first kappa shape index (κ1) is 20.2. The zero-order valence-electron chi connectivity index (χ0n) is 17.4. The molecule has 1 aliphatic heterocycles. The molecule has 3 aromatic carbocycles. The van der Waals surface area contributed by atoms with E-state index in [9.17, 15) is 4.79 Å². The van der Waals surface area contributed by atoms with Gasteiger partial charge in [0.05, 0.1) is 5.69 Å². The summed E-state index contributed by atoms with van der Waals surface area (Å²) in [5, 5.41) is 2.94. The van der Waals surface area contributed by atoms with Crippen LogP contribution in [0.3, 0.4) is 0 Å². The van der Waals surface area contributed by atoms with Gasteiger partial charge in [-0.25, -0.2) is 4.79 Å². The summed E-state index contributed by atoms with van der Waals surface area (Å²) < 4.78 is 5.72. The topological polar surface area (TPSA) is 41.6 Å². The van der Waals surface area contributed by atoms with Crippen molar-refractivity contribution in [3.05, 3.63) is 90.0 Å². The van der Waals surface area contributed by atoms with Crippen molar-refractivity contribution in [1.29, 1.82) is 0 Å². The van der Waals surface area contributed by atoms with Gasteiger partial charge >= 0.3 is 6.09 Å². The molecule has 0 unspecified atom stereocenters. The molecule has 4 rings (SSSR count). The normalized spacial score (nSPS) is 15.0. The number of benzene rings is 3. The van der Waals surface area contributed by atoms with E-state index in [2.05, 4.69) is 41.4 Å². The number of carbonyl (C=O) groups is 1. The summed E-state index contributed by atoms with van der Waals surface area (Å²) in [6.45, 7) is 4.93. The minimum atomic E-state index is -0.379. The molecule has 1 aliphatic rings. The molecule has 4 heteroatoms. The van der Waals surface area contributed by atoms with E-state index in [1.165, 1.54) is 11.1 Å². The van der Waals surface area contributed by atoms with E-state index in [4.69, 9.17) is 4.74 Å². The van der Waals surface area contributed by atoms with Crippen LogP contribution in [0.2, 0.25) is 0 Å². The second-order valence-corrected chi connectivity index (χ2v) is 7.90. The molecule has 0 spiro atoms. The number of ether oxygens (including phenoxy) is 1. The highest BCUT2D eigenvalue weighted by molar-refractivity contribution is 5.91. The summed E-state index contributed by atoms with van der Waals surface area (Å²) in [6.07, 6.45) is 1.30. The molecule has 154 valence electrons. The van der Waals surface area contributed by atoms with Gasteiger partial charge in [-0.1, -0.05) is 78.4 Å². The lowest BCUT2D eigenvalue weighted by molar-refractivity contribution is 0.0567. The highest BCUT2D eigenvalue weighted by atomic mass is 16.6. The van der Waals surface area contributed by atoms with E-state index >= 15 is 0 Å². The van der Waals surface area contributed by atoms with Crippen LogP contribution in [0.25, 0.3) is 11.1 Å². The molecular formula is C26H28N2O2. The maximum atomic E-state index is 12.5. The van der Waals surface area contributed by atoms with Crippen molar-refractivity contribution in [3.63, 3.8) is 0 Å². The van der Waals surface area contributed by atoms with E-state index < -0.39 is 0 Å². The van der Waals surface area contributed by atoms with Crippen LogP contribution in [0.4, 0.5) is 10.5 Å². The molecule has 1 saturated heterocycles. The average Bonchev–Trinajstić information content (AvgIpc) is 2.78. The van der Waals surface area contributed by atoms with Crippen molar-refractivity contribution in [2.24, 2.45) is 0 Å². The lowest BCUT2D eigenvalue weighted by Gasteiger charge is -2.31. The lowest BCUT2D eigenvalue weighted by Crippen LogP contribution is -2.38. The predicted octanol–water partition coefficient (Wildman–Crippen LogP) is 5.88. The Morgan fingerprint density at radius 3 is 2.33 bits per heavy atom. The highest BCUT2D eigenvalue weighted by Gasteiger charge is 2.22. The highest BCUT2D eigenvalue weighted by Crippen LogP contribution is 2.28. The molecule has 1 fully saturated rings. The van der Waals surface area contributed by atoms with E-state index in [1.807, 2.05) is 54.6 Å². The van der Waals surface area contributed by atoms with Crippen LogP contribution in [0.5, 0.6) is 0 Å². The molecule has 4 nitrogen and oxygen atoms in total. The van der Waals surface area contributed by atoms with Crippen molar-refractivity contribution in [2.75, 3.05) is 18.4 Å². The fourth-order valence-corrected chi connectivity index (χ4v) is 3.89. The van der Waals surface area contributed by atoms with Crippen molar-refractivity contribution in [2.45, 2.75) is 32.4 Å². The maximum absolute atomic E-state index is 12.5. The Morgan fingerprint density at radius 1 is 0.933 bits per heavy atom. The summed E-state index contributed by atoms with van der Waals surface area (Å²) >= 11 is 0. The second kappa shape index (κ2) is 9.59. The monoisotopic (exact) mass is 400 g/mol. The van der Waals surface area contributed by atoms with Gasteiger partial charge in [0.2, 0.25) is 0 Å². The smallest absolute Gasteiger partial charge is 0.411 e. The average molecular weight is 401 g/mol. The van der Waals surface area contributed by atoms with Crippen LogP contribution in [-0.4, -0.2) is 30.2 Å². The van der Waals surface area contributed by atoms with Gasteiger partial charge < -0.3 is 4.74 Å². The molecule has 0 aliphatic carbocycles. The number of aryl methyl sites for hydroxylation is 1. The molecule has 0 atom stereocenters. The first-order chi connectivity index (χ1) is 14.7. The molecule has 1 heterocycles. The Labute approximate surface area is 178 Å².